The van der Waals surface area contributed by atoms with Gasteiger partial charge in [-0.25, -0.2) is 0 Å². The molecule has 0 aromatic heterocycles. The second-order valence-corrected chi connectivity index (χ2v) is 17.6. The molecule has 5 atom stereocenters. The van der Waals surface area contributed by atoms with Gasteiger partial charge in [0, 0.05) is 27.8 Å². The topological polar surface area (TPSA) is 3.24 Å². The summed E-state index contributed by atoms with van der Waals surface area (Å²) >= 11 is 0. The van der Waals surface area contributed by atoms with Crippen LogP contribution in [0, 0.1) is 23.7 Å². The summed E-state index contributed by atoms with van der Waals surface area (Å²) in [6.45, 7) is 0. The predicted molar refractivity (Wildman–Crippen MR) is 219 cm³/mol. The van der Waals surface area contributed by atoms with Crippen molar-refractivity contribution in [3.05, 3.63) is 162 Å². The number of hydrogen-bond acceptors (Lipinski definition) is 1. The van der Waals surface area contributed by atoms with E-state index in [-0.39, 0.29) is 10.8 Å². The highest BCUT2D eigenvalue weighted by atomic mass is 15.1. The first-order valence-electron chi connectivity index (χ1n) is 20.7. The summed E-state index contributed by atoms with van der Waals surface area (Å²) < 4.78 is 0. The fourth-order valence-electron chi connectivity index (χ4n) is 13.5. The van der Waals surface area contributed by atoms with Crippen LogP contribution in [0.5, 0.6) is 0 Å². The number of benzene rings is 6. The maximum Gasteiger partial charge on any atom is 0.0540 e. The van der Waals surface area contributed by atoms with E-state index in [1.54, 1.807) is 22.3 Å². The van der Waals surface area contributed by atoms with Crippen molar-refractivity contribution >= 4 is 17.1 Å². The molecule has 13 rings (SSSR count). The summed E-state index contributed by atoms with van der Waals surface area (Å²) in [5.41, 5.74) is 18.7. The molecule has 0 aliphatic heterocycles. The van der Waals surface area contributed by atoms with Gasteiger partial charge in [0.1, 0.15) is 0 Å². The van der Waals surface area contributed by atoms with Gasteiger partial charge in [0.25, 0.3) is 0 Å². The summed E-state index contributed by atoms with van der Waals surface area (Å²) in [7, 11) is 0. The minimum absolute atomic E-state index is 0.162. The fraction of sp³-hybridized carbons (Fsp3) is 0.308. The first-order chi connectivity index (χ1) is 26.2. The standard InChI is InChI=1S/C52H47N/c1-2-12-36(13-3-1)41-14-6-9-19-50(41)53(39-22-24-47-44(32-39)42-15-4-7-17-46(42)51(47)26-10-11-27-51)40-23-25-49-45(33-40)43-16-5-8-18-48(43)52(49)37-21-20-34-28-35(30-37)31-38(52)29-34/h1-9,12-19,22-25,32-35,37-38H,10-11,20-21,26-31H2. The Morgan fingerprint density at radius 1 is 0.434 bits per heavy atom. The highest BCUT2D eigenvalue weighted by Crippen LogP contribution is 2.68. The molecule has 0 radical (unpaired) electrons. The molecule has 5 fully saturated rings. The Labute approximate surface area is 314 Å². The lowest BCUT2D eigenvalue weighted by Crippen LogP contribution is -2.48. The quantitative estimate of drug-likeness (QED) is 0.179. The van der Waals surface area contributed by atoms with Crippen LogP contribution in [0.25, 0.3) is 33.4 Å². The third-order valence-electron chi connectivity index (χ3n) is 15.3. The van der Waals surface area contributed by atoms with Crippen molar-refractivity contribution in [1.82, 2.24) is 0 Å². The Bertz CT molecular complexity index is 2400. The fourth-order valence-corrected chi connectivity index (χ4v) is 13.5. The predicted octanol–water partition coefficient (Wildman–Crippen LogP) is 13.8. The highest BCUT2D eigenvalue weighted by Gasteiger charge is 2.59. The van der Waals surface area contributed by atoms with E-state index < -0.39 is 0 Å². The lowest BCUT2D eigenvalue weighted by molar-refractivity contribution is 0.0618. The molecular weight excluding hydrogens is 639 g/mol. The molecule has 53 heavy (non-hydrogen) atoms. The summed E-state index contributed by atoms with van der Waals surface area (Å²) in [6.07, 6.45) is 13.7. The number of anilines is 3. The molecule has 260 valence electrons. The molecule has 7 aliphatic rings. The van der Waals surface area contributed by atoms with E-state index in [4.69, 9.17) is 0 Å². The van der Waals surface area contributed by atoms with Gasteiger partial charge in [0.15, 0.2) is 0 Å². The van der Waals surface area contributed by atoms with Gasteiger partial charge in [-0.15, -0.1) is 0 Å². The lowest BCUT2D eigenvalue weighted by atomic mass is 9.51. The zero-order valence-electron chi connectivity index (χ0n) is 30.6. The Morgan fingerprint density at radius 2 is 1.00 bits per heavy atom. The molecule has 7 aliphatic carbocycles. The number of rotatable bonds is 4. The van der Waals surface area contributed by atoms with Crippen molar-refractivity contribution in [2.75, 3.05) is 4.90 Å². The zero-order chi connectivity index (χ0) is 34.7. The van der Waals surface area contributed by atoms with Crippen molar-refractivity contribution in [1.29, 1.82) is 0 Å². The van der Waals surface area contributed by atoms with Crippen molar-refractivity contribution in [3.8, 4) is 33.4 Å². The molecule has 1 heteroatoms. The van der Waals surface area contributed by atoms with Crippen molar-refractivity contribution in [3.63, 3.8) is 0 Å². The van der Waals surface area contributed by atoms with Crippen LogP contribution >= 0.6 is 0 Å². The van der Waals surface area contributed by atoms with Crippen LogP contribution in [0.3, 0.4) is 0 Å². The van der Waals surface area contributed by atoms with Crippen molar-refractivity contribution in [2.45, 2.75) is 75.0 Å². The molecule has 5 saturated carbocycles. The Morgan fingerprint density at radius 3 is 1.79 bits per heavy atom. The van der Waals surface area contributed by atoms with Crippen LogP contribution in [0.2, 0.25) is 0 Å². The molecular formula is C52H47N. The average molecular weight is 686 g/mol. The van der Waals surface area contributed by atoms with E-state index in [2.05, 4.69) is 144 Å². The molecule has 4 bridgehead atoms. The second-order valence-electron chi connectivity index (χ2n) is 17.6. The van der Waals surface area contributed by atoms with Gasteiger partial charge in [-0.1, -0.05) is 128 Å². The third kappa shape index (κ3) is 4.15. The van der Waals surface area contributed by atoms with E-state index in [1.165, 1.54) is 115 Å². The van der Waals surface area contributed by atoms with Gasteiger partial charge in [-0.3, -0.25) is 0 Å². The number of para-hydroxylation sites is 1. The molecule has 0 saturated heterocycles. The monoisotopic (exact) mass is 685 g/mol. The first-order valence-corrected chi connectivity index (χ1v) is 20.7. The zero-order valence-corrected chi connectivity index (χ0v) is 30.6. The molecule has 5 unspecified atom stereocenters. The van der Waals surface area contributed by atoms with Crippen LogP contribution in [0.4, 0.5) is 17.1 Å². The smallest absolute Gasteiger partial charge is 0.0540 e. The van der Waals surface area contributed by atoms with Crippen LogP contribution in [-0.2, 0) is 10.8 Å². The Hall–Kier alpha value is -4.88. The Kier molecular flexibility index (Phi) is 6.53. The van der Waals surface area contributed by atoms with Gasteiger partial charge in [0.05, 0.1) is 5.69 Å². The molecule has 2 spiro atoms. The molecule has 6 aromatic rings. The van der Waals surface area contributed by atoms with Crippen LogP contribution in [0.15, 0.2) is 140 Å². The molecule has 0 heterocycles. The lowest BCUT2D eigenvalue weighted by Gasteiger charge is -2.53. The van der Waals surface area contributed by atoms with Crippen LogP contribution in [0.1, 0.15) is 86.5 Å². The molecule has 1 nitrogen and oxygen atoms in total. The summed E-state index contributed by atoms with van der Waals surface area (Å²) in [4.78, 5) is 2.59. The number of fused-ring (bicyclic) bond motifs is 9. The highest BCUT2D eigenvalue weighted by molar-refractivity contribution is 5.93. The molecule has 0 N–H and O–H groups in total. The average Bonchev–Trinajstić information content (AvgIpc) is 3.84. The summed E-state index contributed by atoms with van der Waals surface area (Å²) in [5, 5.41) is 0. The maximum absolute atomic E-state index is 2.60. The van der Waals surface area contributed by atoms with E-state index in [0.717, 1.165) is 23.7 Å². The molecule has 0 amide bonds. The summed E-state index contributed by atoms with van der Waals surface area (Å²) in [5.74, 6) is 3.37. The van der Waals surface area contributed by atoms with Gasteiger partial charge >= 0.3 is 0 Å². The number of nitrogens with zero attached hydrogens (tertiary/aromatic N) is 1. The molecule has 6 aromatic carbocycles. The van der Waals surface area contributed by atoms with Gasteiger partial charge < -0.3 is 4.90 Å². The van der Waals surface area contributed by atoms with E-state index in [1.807, 2.05) is 0 Å². The van der Waals surface area contributed by atoms with Crippen molar-refractivity contribution in [2.24, 2.45) is 23.7 Å². The SMILES string of the molecule is c1ccc(-c2ccccc2N(c2ccc3c(c2)-c2ccccc2C32CCCC2)c2ccc3c(c2)-c2ccccc2C32C3CCC4CC(C3)CC2C4)cc1. The van der Waals surface area contributed by atoms with E-state index in [9.17, 15) is 0 Å². The summed E-state index contributed by atoms with van der Waals surface area (Å²) in [6, 6.07) is 54.1. The normalized spacial score (nSPS) is 26.3. The second kappa shape index (κ2) is 11.3. The Balaban J connectivity index is 1.08. The minimum Gasteiger partial charge on any atom is -0.310 e. The first kappa shape index (κ1) is 30.6. The largest absolute Gasteiger partial charge is 0.310 e. The van der Waals surface area contributed by atoms with Gasteiger partial charge in [0.2, 0.25) is 0 Å². The minimum atomic E-state index is 0.162. The third-order valence-corrected chi connectivity index (χ3v) is 15.3. The van der Waals surface area contributed by atoms with Gasteiger partial charge in [-0.2, -0.15) is 0 Å². The van der Waals surface area contributed by atoms with Crippen LogP contribution in [-0.4, -0.2) is 0 Å². The van der Waals surface area contributed by atoms with E-state index >= 15 is 0 Å². The maximum atomic E-state index is 2.60. The van der Waals surface area contributed by atoms with E-state index in [0.29, 0.717) is 0 Å². The number of hydrogen-bond donors (Lipinski definition) is 0. The van der Waals surface area contributed by atoms with Gasteiger partial charge in [-0.05, 0) is 149 Å². The van der Waals surface area contributed by atoms with Crippen LogP contribution < -0.4 is 4.90 Å². The van der Waals surface area contributed by atoms with Crippen molar-refractivity contribution < 1.29 is 0 Å².